The van der Waals surface area contributed by atoms with E-state index in [0.29, 0.717) is 1.43 Å². The van der Waals surface area contributed by atoms with E-state index in [2.05, 4.69) is 66.0 Å². The summed E-state index contributed by atoms with van der Waals surface area (Å²) in [7, 11) is 0. The van der Waals surface area contributed by atoms with Gasteiger partial charge in [0.2, 0.25) is 0 Å². The number of hydrogen-bond donors (Lipinski definition) is 0. The highest BCUT2D eigenvalue weighted by Crippen LogP contribution is 2.44. The molecule has 0 aromatic heterocycles. The van der Waals surface area contributed by atoms with Gasteiger partial charge in [-0.3, -0.25) is 0 Å². The Hall–Kier alpha value is 1.46. The Labute approximate surface area is 143 Å². The van der Waals surface area contributed by atoms with Gasteiger partial charge < -0.3 is 0 Å². The molecular formula is C16H32I2. The summed E-state index contributed by atoms with van der Waals surface area (Å²) in [6.07, 6.45) is 15.5. The predicted molar refractivity (Wildman–Crippen MR) is 102 cm³/mol. The number of hydrogen-bond acceptors (Lipinski definition) is 0. The van der Waals surface area contributed by atoms with Crippen molar-refractivity contribution in [2.75, 3.05) is 0 Å². The van der Waals surface area contributed by atoms with Crippen LogP contribution in [0.25, 0.3) is 0 Å². The lowest BCUT2D eigenvalue weighted by Gasteiger charge is -2.31. The molecule has 0 heterocycles. The second-order valence-electron chi connectivity index (χ2n) is 5.55. The predicted octanol–water partition coefficient (Wildman–Crippen LogP) is 7.52. The van der Waals surface area contributed by atoms with Gasteiger partial charge >= 0.3 is 0 Å². The van der Waals surface area contributed by atoms with Crippen LogP contribution in [-0.2, 0) is 0 Å². The highest BCUT2D eigenvalue weighted by Gasteiger charge is 2.31. The van der Waals surface area contributed by atoms with Gasteiger partial charge in [-0.2, -0.15) is 0 Å². The van der Waals surface area contributed by atoms with Crippen LogP contribution < -0.4 is 0 Å². The average molecular weight is 478 g/mol. The zero-order valence-electron chi connectivity index (χ0n) is 12.6. The monoisotopic (exact) mass is 478 g/mol. The molecule has 0 saturated carbocycles. The molecule has 1 unspecified atom stereocenters. The molecule has 0 amide bonds. The number of rotatable bonds is 12. The summed E-state index contributed by atoms with van der Waals surface area (Å²) in [5.74, 6) is 0.926. The Morgan fingerprint density at radius 2 is 1.33 bits per heavy atom. The van der Waals surface area contributed by atoms with E-state index in [-0.39, 0.29) is 0 Å². The minimum atomic E-state index is 0.504. The lowest BCUT2D eigenvalue weighted by Crippen LogP contribution is -2.24. The Bertz CT molecular complexity index is 178. The van der Waals surface area contributed by atoms with Crippen LogP contribution in [0.1, 0.15) is 91.4 Å². The molecule has 2 heteroatoms. The van der Waals surface area contributed by atoms with Crippen LogP contribution >= 0.6 is 45.2 Å². The molecule has 0 saturated heterocycles. The molecule has 1 atom stereocenters. The van der Waals surface area contributed by atoms with Crippen molar-refractivity contribution in [1.29, 1.82) is 0 Å². The molecule has 0 rings (SSSR count). The largest absolute Gasteiger partial charge is 0.0762 e. The summed E-state index contributed by atoms with van der Waals surface area (Å²) in [6, 6.07) is 0. The first-order chi connectivity index (χ1) is 8.58. The molecule has 0 radical (unpaired) electrons. The second kappa shape index (κ2) is 12.2. The third kappa shape index (κ3) is 9.38. The smallest absolute Gasteiger partial charge is 0.0669 e. The molecule has 0 nitrogen and oxygen atoms in total. The average Bonchev–Trinajstić information content (AvgIpc) is 2.32. The Balaban J connectivity index is 3.89. The standard InChI is InChI=1S/C16H32I2/c1-4-7-8-9-10-11-13-15(12-5-2)16(17,18)14-6-3/h15H,4-14H2,1-3H3. The first-order valence-corrected chi connectivity index (χ1v) is 10.1. The van der Waals surface area contributed by atoms with Crippen molar-refractivity contribution in [2.45, 2.75) is 92.8 Å². The molecule has 0 aromatic rings. The third-order valence-electron chi connectivity index (χ3n) is 3.72. The van der Waals surface area contributed by atoms with Crippen LogP contribution in [0.2, 0.25) is 0 Å². The molecule has 0 aliphatic carbocycles. The van der Waals surface area contributed by atoms with Gasteiger partial charge in [0.15, 0.2) is 0 Å². The van der Waals surface area contributed by atoms with E-state index in [9.17, 15) is 0 Å². The first-order valence-electron chi connectivity index (χ1n) is 7.96. The fourth-order valence-corrected chi connectivity index (χ4v) is 4.95. The molecule has 0 spiro atoms. The lowest BCUT2D eigenvalue weighted by molar-refractivity contribution is 0.394. The zero-order chi connectivity index (χ0) is 13.9. The normalized spacial score (nSPS) is 13.8. The first kappa shape index (κ1) is 19.5. The Morgan fingerprint density at radius 3 is 1.89 bits per heavy atom. The second-order valence-corrected chi connectivity index (χ2v) is 11.5. The van der Waals surface area contributed by atoms with Gasteiger partial charge in [-0.05, 0) is 25.2 Å². The van der Waals surface area contributed by atoms with Gasteiger partial charge in [-0.1, -0.05) is 117 Å². The van der Waals surface area contributed by atoms with Crippen LogP contribution in [0.4, 0.5) is 0 Å². The summed E-state index contributed by atoms with van der Waals surface area (Å²) in [5, 5.41) is 0. The molecule has 0 bridgehead atoms. The maximum absolute atomic E-state index is 2.72. The van der Waals surface area contributed by atoms with Crippen LogP contribution in [0.15, 0.2) is 0 Å². The fourth-order valence-electron chi connectivity index (χ4n) is 2.62. The SMILES string of the molecule is CCCCCCCCC(CCC)C(I)(I)CCC. The fraction of sp³-hybridized carbons (Fsp3) is 1.00. The minimum Gasteiger partial charge on any atom is -0.0669 e. The number of alkyl halides is 2. The van der Waals surface area contributed by atoms with Crippen molar-refractivity contribution in [3.05, 3.63) is 0 Å². The van der Waals surface area contributed by atoms with Gasteiger partial charge in [0.05, 0.1) is 1.43 Å². The van der Waals surface area contributed by atoms with E-state index in [1.165, 1.54) is 70.6 Å². The van der Waals surface area contributed by atoms with Crippen LogP contribution in [-0.4, -0.2) is 1.43 Å². The van der Waals surface area contributed by atoms with Gasteiger partial charge in [-0.15, -0.1) is 0 Å². The van der Waals surface area contributed by atoms with E-state index in [1.54, 1.807) is 0 Å². The lowest BCUT2D eigenvalue weighted by atomic mass is 9.91. The molecule has 0 fully saturated rings. The molecule has 0 N–H and O–H groups in total. The summed E-state index contributed by atoms with van der Waals surface area (Å²) in [6.45, 7) is 6.95. The van der Waals surface area contributed by atoms with Crippen molar-refractivity contribution in [3.63, 3.8) is 0 Å². The quantitative estimate of drug-likeness (QED) is 0.155. The molecule has 18 heavy (non-hydrogen) atoms. The van der Waals surface area contributed by atoms with Crippen LogP contribution in [0, 0.1) is 5.92 Å². The topological polar surface area (TPSA) is 0 Å². The van der Waals surface area contributed by atoms with E-state index in [4.69, 9.17) is 0 Å². The van der Waals surface area contributed by atoms with Crippen molar-refractivity contribution in [3.8, 4) is 0 Å². The zero-order valence-corrected chi connectivity index (χ0v) is 16.9. The third-order valence-corrected chi connectivity index (χ3v) is 6.56. The highest BCUT2D eigenvalue weighted by atomic mass is 127. The Morgan fingerprint density at radius 1 is 0.722 bits per heavy atom. The van der Waals surface area contributed by atoms with Crippen LogP contribution in [0.3, 0.4) is 0 Å². The van der Waals surface area contributed by atoms with Gasteiger partial charge in [0, 0.05) is 0 Å². The molecule has 0 aromatic carbocycles. The van der Waals surface area contributed by atoms with E-state index in [0.717, 1.165) is 5.92 Å². The van der Waals surface area contributed by atoms with E-state index in [1.807, 2.05) is 0 Å². The van der Waals surface area contributed by atoms with Gasteiger partial charge in [0.1, 0.15) is 0 Å². The van der Waals surface area contributed by atoms with Gasteiger partial charge in [0.25, 0.3) is 0 Å². The summed E-state index contributed by atoms with van der Waals surface area (Å²) < 4.78 is 0.504. The molecular weight excluding hydrogens is 446 g/mol. The minimum absolute atomic E-state index is 0.504. The van der Waals surface area contributed by atoms with E-state index < -0.39 is 0 Å². The van der Waals surface area contributed by atoms with Crippen molar-refractivity contribution in [1.82, 2.24) is 0 Å². The molecule has 0 aliphatic rings. The van der Waals surface area contributed by atoms with E-state index >= 15 is 0 Å². The molecule has 0 aliphatic heterocycles. The maximum atomic E-state index is 2.72. The number of unbranched alkanes of at least 4 members (excludes halogenated alkanes) is 5. The maximum Gasteiger partial charge on any atom is 0.0762 e. The highest BCUT2D eigenvalue weighted by molar-refractivity contribution is 14.2. The summed E-state index contributed by atoms with van der Waals surface area (Å²) in [4.78, 5) is 0. The van der Waals surface area contributed by atoms with Crippen molar-refractivity contribution >= 4 is 45.2 Å². The Kier molecular flexibility index (Phi) is 13.2. The van der Waals surface area contributed by atoms with Crippen molar-refractivity contribution in [2.24, 2.45) is 5.92 Å². The van der Waals surface area contributed by atoms with Gasteiger partial charge in [-0.25, -0.2) is 0 Å². The van der Waals surface area contributed by atoms with Crippen LogP contribution in [0.5, 0.6) is 0 Å². The summed E-state index contributed by atoms with van der Waals surface area (Å²) >= 11 is 5.44. The number of halogens is 2. The molecule has 110 valence electrons. The van der Waals surface area contributed by atoms with Crippen molar-refractivity contribution < 1.29 is 0 Å². The summed E-state index contributed by atoms with van der Waals surface area (Å²) in [5.41, 5.74) is 0.